The molecule has 29 heavy (non-hydrogen) atoms. The van der Waals surface area contributed by atoms with Crippen molar-refractivity contribution >= 4 is 27.3 Å². The van der Waals surface area contributed by atoms with E-state index in [1.54, 1.807) is 0 Å². The zero-order valence-corrected chi connectivity index (χ0v) is 16.1. The third-order valence-corrected chi connectivity index (χ3v) is 4.80. The van der Waals surface area contributed by atoms with Crippen molar-refractivity contribution < 1.29 is 26.4 Å². The molecule has 0 bridgehead atoms. The van der Waals surface area contributed by atoms with Gasteiger partial charge in [0.15, 0.2) is 0 Å². The third-order valence-electron chi connectivity index (χ3n) is 3.89. The number of hydrogen-bond acceptors (Lipinski definition) is 5. The topological polar surface area (TPSA) is 125 Å². The van der Waals surface area contributed by atoms with Crippen molar-refractivity contribution in [3.05, 3.63) is 53.6 Å². The van der Waals surface area contributed by atoms with Crippen LogP contribution < -0.4 is 15.8 Å². The molecule has 0 aromatic heterocycles. The molecule has 0 aliphatic rings. The Bertz CT molecular complexity index is 1090. The SMILES string of the molecule is CC(C)(Nc1cccc(S(N)(=O)=O)c1)C(=O)Nc1ccc(C#N)c(C(F)(F)F)c1. The summed E-state index contributed by atoms with van der Waals surface area (Å²) in [6.45, 7) is 2.92. The number of hydrogen-bond donors (Lipinski definition) is 3. The predicted molar refractivity (Wildman–Crippen MR) is 100 cm³/mol. The number of carbonyl (C=O) groups excluding carboxylic acids is 1. The van der Waals surface area contributed by atoms with Gasteiger partial charge in [-0.25, -0.2) is 13.6 Å². The number of nitrogens with two attached hydrogens (primary N) is 1. The second kappa shape index (κ2) is 7.73. The van der Waals surface area contributed by atoms with Crippen molar-refractivity contribution in [3.63, 3.8) is 0 Å². The first-order valence-electron chi connectivity index (χ1n) is 8.08. The van der Waals surface area contributed by atoms with Crippen LogP contribution in [0.4, 0.5) is 24.5 Å². The van der Waals surface area contributed by atoms with Gasteiger partial charge in [0.1, 0.15) is 5.54 Å². The lowest BCUT2D eigenvalue weighted by atomic mass is 10.0. The number of alkyl halides is 3. The summed E-state index contributed by atoms with van der Waals surface area (Å²) in [5.74, 6) is -0.684. The average Bonchev–Trinajstić information content (AvgIpc) is 2.60. The van der Waals surface area contributed by atoms with Crippen LogP contribution in [0.1, 0.15) is 25.0 Å². The summed E-state index contributed by atoms with van der Waals surface area (Å²) in [5.41, 5.74) is -2.93. The van der Waals surface area contributed by atoms with Gasteiger partial charge in [-0.2, -0.15) is 18.4 Å². The Morgan fingerprint density at radius 2 is 1.76 bits per heavy atom. The van der Waals surface area contributed by atoms with Crippen LogP contribution in [0.5, 0.6) is 0 Å². The first kappa shape index (κ1) is 22.2. The molecule has 0 heterocycles. The van der Waals surface area contributed by atoms with Gasteiger partial charge in [0.2, 0.25) is 15.9 Å². The quantitative estimate of drug-likeness (QED) is 0.678. The number of nitrogens with one attached hydrogen (secondary N) is 2. The van der Waals surface area contributed by atoms with Crippen molar-refractivity contribution in [2.75, 3.05) is 10.6 Å². The van der Waals surface area contributed by atoms with Crippen molar-refractivity contribution in [2.45, 2.75) is 30.5 Å². The number of nitrogens with zero attached hydrogens (tertiary/aromatic N) is 1. The first-order chi connectivity index (χ1) is 13.2. The van der Waals surface area contributed by atoms with E-state index in [-0.39, 0.29) is 16.3 Å². The standard InChI is InChI=1S/C18H17F3N4O3S/c1-17(2,25-13-4-3-5-14(8-13)29(23,27)28)16(26)24-12-7-6-11(10-22)15(9-12)18(19,20)21/h3-9,25H,1-2H3,(H,24,26)(H2,23,27,28). The lowest BCUT2D eigenvalue weighted by Crippen LogP contribution is -2.44. The summed E-state index contributed by atoms with van der Waals surface area (Å²) in [6.07, 6.45) is -4.76. The van der Waals surface area contributed by atoms with Gasteiger partial charge in [-0.15, -0.1) is 0 Å². The molecule has 4 N–H and O–H groups in total. The molecule has 0 fully saturated rings. The number of halogens is 3. The second-order valence-corrected chi connectivity index (χ2v) is 8.21. The molecule has 0 spiro atoms. The molecule has 0 aliphatic heterocycles. The van der Waals surface area contributed by atoms with E-state index < -0.39 is 38.8 Å². The summed E-state index contributed by atoms with van der Waals surface area (Å²) in [5, 5.41) is 19.1. The summed E-state index contributed by atoms with van der Waals surface area (Å²) >= 11 is 0. The fourth-order valence-electron chi connectivity index (χ4n) is 2.41. The molecule has 154 valence electrons. The van der Waals surface area contributed by atoms with Crippen LogP contribution in [0.25, 0.3) is 0 Å². The minimum atomic E-state index is -4.76. The number of anilines is 2. The van der Waals surface area contributed by atoms with Crippen LogP contribution >= 0.6 is 0 Å². The maximum Gasteiger partial charge on any atom is 0.417 e. The van der Waals surface area contributed by atoms with Gasteiger partial charge in [0.25, 0.3) is 0 Å². The Hall–Kier alpha value is -3.10. The van der Waals surface area contributed by atoms with Gasteiger partial charge in [-0.05, 0) is 50.2 Å². The van der Waals surface area contributed by atoms with Crippen LogP contribution in [-0.4, -0.2) is 19.9 Å². The van der Waals surface area contributed by atoms with E-state index in [9.17, 15) is 26.4 Å². The molecule has 0 aliphatic carbocycles. The molecule has 1 amide bonds. The van der Waals surface area contributed by atoms with E-state index in [0.29, 0.717) is 6.07 Å². The first-order valence-corrected chi connectivity index (χ1v) is 9.62. The van der Waals surface area contributed by atoms with E-state index >= 15 is 0 Å². The number of benzene rings is 2. The van der Waals surface area contributed by atoms with E-state index in [4.69, 9.17) is 10.4 Å². The highest BCUT2D eigenvalue weighted by Gasteiger charge is 2.34. The summed E-state index contributed by atoms with van der Waals surface area (Å²) < 4.78 is 62.1. The normalized spacial score (nSPS) is 12.2. The predicted octanol–water partition coefficient (Wildman–Crippen LogP) is 3.05. The van der Waals surface area contributed by atoms with Gasteiger partial charge in [0, 0.05) is 11.4 Å². The second-order valence-electron chi connectivity index (χ2n) is 6.65. The molecule has 0 radical (unpaired) electrons. The molecule has 11 heteroatoms. The van der Waals surface area contributed by atoms with Gasteiger partial charge in [-0.1, -0.05) is 6.07 Å². The Morgan fingerprint density at radius 3 is 2.31 bits per heavy atom. The van der Waals surface area contributed by atoms with Gasteiger partial charge in [-0.3, -0.25) is 4.79 Å². The van der Waals surface area contributed by atoms with Crippen LogP contribution in [0.2, 0.25) is 0 Å². The number of primary sulfonamides is 1. The Morgan fingerprint density at radius 1 is 1.10 bits per heavy atom. The number of rotatable bonds is 5. The molecule has 0 saturated heterocycles. The van der Waals surface area contributed by atoms with E-state index in [0.717, 1.165) is 6.07 Å². The lowest BCUT2D eigenvalue weighted by Gasteiger charge is -2.26. The van der Waals surface area contributed by atoms with Gasteiger partial charge < -0.3 is 10.6 Å². The molecular weight excluding hydrogens is 409 g/mol. The smallest absolute Gasteiger partial charge is 0.372 e. The van der Waals surface area contributed by atoms with E-state index in [1.807, 2.05) is 0 Å². The highest BCUT2D eigenvalue weighted by Crippen LogP contribution is 2.33. The fourth-order valence-corrected chi connectivity index (χ4v) is 2.97. The largest absolute Gasteiger partial charge is 0.417 e. The minimum absolute atomic E-state index is 0.144. The zero-order chi connectivity index (χ0) is 22.0. The molecule has 2 aromatic carbocycles. The highest BCUT2D eigenvalue weighted by molar-refractivity contribution is 7.89. The molecule has 2 aromatic rings. The molecule has 0 saturated carbocycles. The maximum absolute atomic E-state index is 13.1. The molecule has 0 unspecified atom stereocenters. The number of amides is 1. The summed E-state index contributed by atoms with van der Waals surface area (Å²) in [7, 11) is -3.95. The Labute approximate surface area is 165 Å². The number of nitriles is 1. The Kier molecular flexibility index (Phi) is 5.91. The molecular formula is C18H17F3N4O3S. The molecule has 0 atom stereocenters. The van der Waals surface area contributed by atoms with Crippen LogP contribution in [-0.2, 0) is 21.0 Å². The lowest BCUT2D eigenvalue weighted by molar-refractivity contribution is -0.137. The fraction of sp³-hybridized carbons (Fsp3) is 0.222. The third kappa shape index (κ3) is 5.46. The van der Waals surface area contributed by atoms with Crippen molar-refractivity contribution in [3.8, 4) is 6.07 Å². The van der Waals surface area contributed by atoms with Gasteiger partial charge in [0.05, 0.1) is 22.1 Å². The van der Waals surface area contributed by atoms with Crippen molar-refractivity contribution in [2.24, 2.45) is 5.14 Å². The molecule has 2 rings (SSSR count). The van der Waals surface area contributed by atoms with Gasteiger partial charge >= 0.3 is 6.18 Å². The summed E-state index contributed by atoms with van der Waals surface area (Å²) in [6, 6.07) is 9.72. The number of carbonyl (C=O) groups is 1. The monoisotopic (exact) mass is 426 g/mol. The zero-order valence-electron chi connectivity index (χ0n) is 15.3. The minimum Gasteiger partial charge on any atom is -0.372 e. The van der Waals surface area contributed by atoms with Crippen molar-refractivity contribution in [1.29, 1.82) is 5.26 Å². The number of sulfonamides is 1. The van der Waals surface area contributed by atoms with Crippen LogP contribution in [0.15, 0.2) is 47.4 Å². The van der Waals surface area contributed by atoms with E-state index in [1.165, 1.54) is 50.2 Å². The van der Waals surface area contributed by atoms with Crippen LogP contribution in [0, 0.1) is 11.3 Å². The average molecular weight is 426 g/mol. The Balaban J connectivity index is 2.25. The van der Waals surface area contributed by atoms with Crippen molar-refractivity contribution in [1.82, 2.24) is 0 Å². The summed E-state index contributed by atoms with van der Waals surface area (Å²) in [4.78, 5) is 12.4. The molecule has 7 nitrogen and oxygen atoms in total. The van der Waals surface area contributed by atoms with E-state index in [2.05, 4.69) is 10.6 Å². The highest BCUT2D eigenvalue weighted by atomic mass is 32.2. The van der Waals surface area contributed by atoms with Crippen LogP contribution in [0.3, 0.4) is 0 Å². The maximum atomic E-state index is 13.1.